The van der Waals surface area contributed by atoms with Gasteiger partial charge >= 0.3 is 6.18 Å². The number of alkyl halides is 3. The highest BCUT2D eigenvalue weighted by atomic mass is 19.4. The van der Waals surface area contributed by atoms with Gasteiger partial charge in [0.2, 0.25) is 11.8 Å². The predicted octanol–water partition coefficient (Wildman–Crippen LogP) is 24.0. The summed E-state index contributed by atoms with van der Waals surface area (Å²) in [7, 11) is 0. The second-order valence-electron chi connectivity index (χ2n) is 30.3. The highest BCUT2D eigenvalue weighted by Crippen LogP contribution is 2.48. The van der Waals surface area contributed by atoms with Crippen LogP contribution in [0.1, 0.15) is 131 Å². The van der Waals surface area contributed by atoms with Crippen LogP contribution in [0.4, 0.5) is 47.3 Å². The summed E-state index contributed by atoms with van der Waals surface area (Å²) >= 11 is 0. The molecule has 15 aromatic carbocycles. The Labute approximate surface area is 694 Å². The summed E-state index contributed by atoms with van der Waals surface area (Å²) in [4.78, 5) is 22.8. The molecule has 2 amide bonds. The van der Waals surface area contributed by atoms with Gasteiger partial charge in [-0.2, -0.15) is 13.2 Å². The average Bonchev–Trinajstić information content (AvgIpc) is 0.763. The molecule has 0 heterocycles. The van der Waals surface area contributed by atoms with Gasteiger partial charge in [0, 0.05) is 69.6 Å². The first-order valence-electron chi connectivity index (χ1n) is 39.1. The number of hydrogen-bond acceptors (Lipinski definition) is 10. The largest absolute Gasteiger partial charge is 0.479 e. The maximum atomic E-state index is 13.4. The molecular weight excluding hydrogens is 1480 g/mol. The van der Waals surface area contributed by atoms with Crippen molar-refractivity contribution in [2.24, 2.45) is 0 Å². The molecule has 12 nitrogen and oxygen atoms in total. The fourth-order valence-corrected chi connectivity index (χ4v) is 15.6. The number of benzene rings is 15. The summed E-state index contributed by atoms with van der Waals surface area (Å²) in [5.41, 5.74) is 43.5. The molecule has 0 saturated heterocycles. The molecule has 3 unspecified atom stereocenters. The fourth-order valence-electron chi connectivity index (χ4n) is 15.6. The van der Waals surface area contributed by atoms with Crippen molar-refractivity contribution in [3.8, 4) is 11.1 Å². The lowest BCUT2D eigenvalue weighted by molar-refractivity contribution is -0.137. The van der Waals surface area contributed by atoms with Crippen LogP contribution in [-0.2, 0) is 60.1 Å². The van der Waals surface area contributed by atoms with Gasteiger partial charge in [-0.3, -0.25) is 20.4 Å². The fraction of sp³-hybridized carbons (Fsp3) is 0.135. The summed E-state index contributed by atoms with van der Waals surface area (Å²) in [5, 5.41) is 24.4. The van der Waals surface area contributed by atoms with Crippen molar-refractivity contribution < 1.29 is 32.2 Å². The second kappa shape index (κ2) is 37.1. The van der Waals surface area contributed by atoms with Gasteiger partial charge in [-0.25, -0.2) is 0 Å². The monoisotopic (exact) mass is 1580 g/mol. The SMILES string of the molecule is CC(=O)Nc1ccc(C(C)(c2ccc(COC=N)cc2)c2ccc(-c3ccccc3)cc2)cc1.CC(=O)Nc1ccc(C(C)(c2ccccc2)c2ccc(COC=N)cc2)cc1.CC(c1ccccc1)(c1ccc2cc(N)ccc2c1)c1ccc2cc(N)ccc2c1.Cc1ccc(N)c(C(C)(c2ccccc2)c2cc(C(F)(F)F)ccc2N)c1. The molecule has 12 N–H and O–H groups in total. The Kier molecular flexibility index (Phi) is 26.2. The number of fused-ring (bicyclic) bond motifs is 2. The molecule has 3 atom stereocenters. The van der Waals surface area contributed by atoms with Gasteiger partial charge in [0.1, 0.15) is 13.2 Å². The number of halogens is 3. The zero-order valence-corrected chi connectivity index (χ0v) is 67.6. The number of carbonyl (C=O) groups excluding carboxylic acids is 2. The summed E-state index contributed by atoms with van der Waals surface area (Å²) in [6.45, 7) is 14.3. The van der Waals surface area contributed by atoms with E-state index >= 15 is 0 Å². The van der Waals surface area contributed by atoms with Crippen LogP contribution in [-0.4, -0.2) is 24.6 Å². The topological polar surface area (TPSA) is 228 Å². The minimum Gasteiger partial charge on any atom is -0.479 e. The van der Waals surface area contributed by atoms with E-state index in [0.717, 1.165) is 109 Å². The summed E-state index contributed by atoms with van der Waals surface area (Å²) in [6, 6.07) is 117. The van der Waals surface area contributed by atoms with E-state index in [1.165, 1.54) is 69.6 Å². The molecule has 0 fully saturated rings. The van der Waals surface area contributed by atoms with Gasteiger partial charge in [0.05, 0.1) is 5.56 Å². The first-order chi connectivity index (χ1) is 57.2. The minimum atomic E-state index is -4.46. The van der Waals surface area contributed by atoms with E-state index in [1.54, 1.807) is 6.07 Å². The Morgan fingerprint density at radius 2 is 0.622 bits per heavy atom. The van der Waals surface area contributed by atoms with Gasteiger partial charge in [0.15, 0.2) is 12.8 Å². The molecule has 15 rings (SSSR count). The van der Waals surface area contributed by atoms with Crippen molar-refractivity contribution in [3.05, 3.63) is 441 Å². The molecule has 15 aromatic rings. The number of carbonyl (C=O) groups is 2. The number of nitrogen functional groups attached to an aromatic ring is 4. The minimum absolute atomic E-state index is 0.0821. The van der Waals surface area contributed by atoms with Crippen LogP contribution in [0.2, 0.25) is 0 Å². The van der Waals surface area contributed by atoms with Crippen LogP contribution >= 0.6 is 0 Å². The maximum Gasteiger partial charge on any atom is 0.416 e. The predicted molar refractivity (Wildman–Crippen MR) is 483 cm³/mol. The summed E-state index contributed by atoms with van der Waals surface area (Å²) in [5.74, 6) is -0.170. The molecule has 15 heteroatoms. The van der Waals surface area contributed by atoms with E-state index < -0.39 is 22.6 Å². The van der Waals surface area contributed by atoms with Crippen LogP contribution < -0.4 is 33.6 Å². The van der Waals surface area contributed by atoms with E-state index in [1.807, 2.05) is 166 Å². The lowest BCUT2D eigenvalue weighted by Gasteiger charge is -2.34. The Bertz CT molecular complexity index is 5920. The molecule has 0 aliphatic rings. The van der Waals surface area contributed by atoms with Crippen molar-refractivity contribution in [2.75, 3.05) is 33.6 Å². The first kappa shape index (κ1) is 84.1. The van der Waals surface area contributed by atoms with Crippen molar-refractivity contribution in [1.82, 2.24) is 0 Å². The quantitative estimate of drug-likeness (QED) is 0.0149. The first-order valence-corrected chi connectivity index (χ1v) is 39.1. The zero-order valence-electron chi connectivity index (χ0n) is 67.6. The van der Waals surface area contributed by atoms with Gasteiger partial charge < -0.3 is 43.0 Å². The molecule has 0 saturated carbocycles. The van der Waals surface area contributed by atoms with Crippen LogP contribution in [0, 0.1) is 17.7 Å². The van der Waals surface area contributed by atoms with E-state index in [4.69, 9.17) is 43.2 Å². The number of anilines is 6. The molecule has 0 aliphatic heterocycles. The highest BCUT2D eigenvalue weighted by molar-refractivity contribution is 5.90. The zero-order chi connectivity index (χ0) is 84.5. The Morgan fingerprint density at radius 1 is 0.328 bits per heavy atom. The summed E-state index contributed by atoms with van der Waals surface area (Å²) < 4.78 is 50.3. The van der Waals surface area contributed by atoms with E-state index in [9.17, 15) is 22.8 Å². The number of nitrogens with two attached hydrogens (primary N) is 4. The molecule has 0 aromatic heterocycles. The third-order valence-electron chi connectivity index (χ3n) is 22.5. The van der Waals surface area contributed by atoms with Gasteiger partial charge in [-0.05, 0) is 230 Å². The molecule has 0 radical (unpaired) electrons. The lowest BCUT2D eigenvalue weighted by atomic mass is 9.69. The van der Waals surface area contributed by atoms with Gasteiger partial charge in [-0.1, -0.05) is 272 Å². The van der Waals surface area contributed by atoms with Crippen LogP contribution in [0.5, 0.6) is 0 Å². The Balaban J connectivity index is 0.000000146. The van der Waals surface area contributed by atoms with Crippen LogP contribution in [0.25, 0.3) is 32.7 Å². The van der Waals surface area contributed by atoms with Gasteiger partial charge in [0.25, 0.3) is 0 Å². The second-order valence-corrected chi connectivity index (χ2v) is 30.3. The molecule has 0 bridgehead atoms. The van der Waals surface area contributed by atoms with E-state index in [0.29, 0.717) is 24.5 Å². The number of amides is 2. The number of nitrogens with one attached hydrogen (secondary N) is 4. The van der Waals surface area contributed by atoms with E-state index in [-0.39, 0.29) is 28.3 Å². The molecular formula is C104H97F3N8O4. The number of rotatable bonds is 21. The van der Waals surface area contributed by atoms with E-state index in [2.05, 4.69) is 207 Å². The molecule has 0 aliphatic carbocycles. The normalized spacial score (nSPS) is 12.7. The third-order valence-corrected chi connectivity index (χ3v) is 22.5. The van der Waals surface area contributed by atoms with Crippen molar-refractivity contribution in [2.45, 2.75) is 89.5 Å². The van der Waals surface area contributed by atoms with Crippen molar-refractivity contribution in [1.29, 1.82) is 10.8 Å². The third kappa shape index (κ3) is 19.3. The molecule has 598 valence electrons. The summed E-state index contributed by atoms with van der Waals surface area (Å²) in [6.07, 6.45) is -2.54. The van der Waals surface area contributed by atoms with Crippen LogP contribution in [0.15, 0.2) is 352 Å². The number of hydrogen-bond donors (Lipinski definition) is 8. The standard InChI is InChI=1S/C30H28N2O2.C28H24N2.C24H24N2O2.C22H21F3N2/c1-22(33)32-29-18-16-28(17-19-29)30(2,26-12-8-23(9-13-26)20-34-21-31)27-14-10-25(11-15-27)24-6-4-3-5-7-24;1-28(23-5-3-2-4-6-23,24-11-7-21-17-26(29)13-9-19(21)15-24)25-12-8-22-18-27(30)14-10-20(22)16-25;1-18(27)26-23-14-12-22(13-15-23)24(2,20-6-4-3-5-7-20)21-10-8-19(9-11-21)16-28-17-25;1-14-8-10-19(26)17(12-14)21(2,15-6-4-3-5-7-15)18-13-16(22(23,24)25)9-11-20(18)27/h3-19,21,31H,20H2,1-2H3,(H,32,33);2-18H,29-30H2,1H3;3-15,17,25H,16H2,1-2H3,(H,26,27);3-13H,26-27H2,1-2H3. The number of aryl methyl sites for hydroxylation is 1. The number of ether oxygens (including phenoxy) is 2. The Hall–Kier alpha value is -14.3. The van der Waals surface area contributed by atoms with Gasteiger partial charge in [-0.15, -0.1) is 0 Å². The molecule has 0 spiro atoms. The van der Waals surface area contributed by atoms with Crippen molar-refractivity contribution in [3.63, 3.8) is 0 Å². The highest BCUT2D eigenvalue weighted by Gasteiger charge is 2.39. The molecule has 119 heavy (non-hydrogen) atoms. The lowest BCUT2D eigenvalue weighted by Crippen LogP contribution is -2.28. The average molecular weight is 1580 g/mol. The van der Waals surface area contributed by atoms with Crippen molar-refractivity contribution >= 4 is 80.3 Å². The maximum absolute atomic E-state index is 13.4. The van der Waals surface area contributed by atoms with Crippen LogP contribution in [0.3, 0.4) is 0 Å². The Morgan fingerprint density at radius 3 is 1.00 bits per heavy atom. The smallest absolute Gasteiger partial charge is 0.416 e.